The van der Waals surface area contributed by atoms with Gasteiger partial charge in [-0.1, -0.05) is 6.42 Å². The van der Waals surface area contributed by atoms with Crippen LogP contribution in [0.15, 0.2) is 0 Å². The molecule has 1 aliphatic carbocycles. The van der Waals surface area contributed by atoms with Gasteiger partial charge in [-0.3, -0.25) is 4.79 Å². The smallest absolute Gasteiger partial charge is 0.223 e. The van der Waals surface area contributed by atoms with E-state index in [0.717, 1.165) is 32.2 Å². The van der Waals surface area contributed by atoms with Gasteiger partial charge in [0.2, 0.25) is 5.91 Å². The monoisotopic (exact) mass is 245 g/mol. The third kappa shape index (κ3) is 2.39. The predicted octanol–water partition coefficient (Wildman–Crippen LogP) is 0.726. The van der Waals surface area contributed by atoms with E-state index in [0.29, 0.717) is 6.42 Å². The van der Waals surface area contributed by atoms with E-state index < -0.39 is 9.84 Å². The first-order valence-corrected chi connectivity index (χ1v) is 7.90. The SMILES string of the molecule is CS(=O)(=O)C1CCCC(C2CCNC2=O)C1. The topological polar surface area (TPSA) is 63.2 Å². The number of rotatable bonds is 2. The number of nitrogens with one attached hydrogen (secondary N) is 1. The second-order valence-electron chi connectivity index (χ2n) is 5.06. The summed E-state index contributed by atoms with van der Waals surface area (Å²) in [5, 5.41) is 2.61. The van der Waals surface area contributed by atoms with E-state index in [1.807, 2.05) is 0 Å². The minimum atomic E-state index is -2.94. The Morgan fingerprint density at radius 1 is 1.25 bits per heavy atom. The van der Waals surface area contributed by atoms with Gasteiger partial charge in [0, 0.05) is 18.7 Å². The average Bonchev–Trinajstić information content (AvgIpc) is 2.63. The maximum Gasteiger partial charge on any atom is 0.223 e. The fraction of sp³-hybridized carbons (Fsp3) is 0.909. The van der Waals surface area contributed by atoms with Gasteiger partial charge in [0.05, 0.1) is 5.25 Å². The number of sulfone groups is 1. The van der Waals surface area contributed by atoms with Crippen LogP contribution in [-0.4, -0.2) is 32.4 Å². The van der Waals surface area contributed by atoms with Crippen molar-refractivity contribution >= 4 is 15.7 Å². The minimum absolute atomic E-state index is 0.0598. The third-order valence-electron chi connectivity index (χ3n) is 3.93. The van der Waals surface area contributed by atoms with Crippen LogP contribution >= 0.6 is 0 Å². The van der Waals surface area contributed by atoms with E-state index in [4.69, 9.17) is 0 Å². The molecule has 92 valence electrons. The van der Waals surface area contributed by atoms with Gasteiger partial charge in [0.25, 0.3) is 0 Å². The predicted molar refractivity (Wildman–Crippen MR) is 61.7 cm³/mol. The molecule has 0 aromatic rings. The van der Waals surface area contributed by atoms with Gasteiger partial charge in [0.15, 0.2) is 0 Å². The molecular formula is C11H19NO3S. The molecule has 1 saturated heterocycles. The highest BCUT2D eigenvalue weighted by atomic mass is 32.2. The zero-order valence-electron chi connectivity index (χ0n) is 9.61. The van der Waals surface area contributed by atoms with Crippen LogP contribution in [0.3, 0.4) is 0 Å². The zero-order valence-corrected chi connectivity index (χ0v) is 10.4. The Kier molecular flexibility index (Phi) is 3.24. The molecule has 0 spiro atoms. The molecule has 1 heterocycles. The van der Waals surface area contributed by atoms with Crippen LogP contribution in [0.25, 0.3) is 0 Å². The Bertz CT molecular complexity index is 377. The van der Waals surface area contributed by atoms with Crippen molar-refractivity contribution in [3.8, 4) is 0 Å². The quantitative estimate of drug-likeness (QED) is 0.780. The van der Waals surface area contributed by atoms with E-state index in [9.17, 15) is 13.2 Å². The molecule has 3 atom stereocenters. The van der Waals surface area contributed by atoms with Crippen LogP contribution in [0.1, 0.15) is 32.1 Å². The van der Waals surface area contributed by atoms with Gasteiger partial charge in [0.1, 0.15) is 9.84 Å². The van der Waals surface area contributed by atoms with Crippen LogP contribution < -0.4 is 5.32 Å². The summed E-state index contributed by atoms with van der Waals surface area (Å²) >= 11 is 0. The van der Waals surface area contributed by atoms with Crippen molar-refractivity contribution in [2.75, 3.05) is 12.8 Å². The largest absolute Gasteiger partial charge is 0.356 e. The lowest BCUT2D eigenvalue weighted by molar-refractivity contribution is -0.124. The first-order chi connectivity index (χ1) is 7.48. The van der Waals surface area contributed by atoms with E-state index in [2.05, 4.69) is 5.32 Å². The molecule has 1 saturated carbocycles. The number of amides is 1. The molecule has 2 fully saturated rings. The van der Waals surface area contributed by atoms with Gasteiger partial charge < -0.3 is 5.32 Å². The number of hydrogen-bond donors (Lipinski definition) is 1. The molecule has 3 unspecified atom stereocenters. The van der Waals surface area contributed by atoms with E-state index in [-0.39, 0.29) is 23.0 Å². The van der Waals surface area contributed by atoms with E-state index in [1.54, 1.807) is 0 Å². The Hall–Kier alpha value is -0.580. The van der Waals surface area contributed by atoms with Crippen LogP contribution in [0.4, 0.5) is 0 Å². The molecule has 1 aliphatic heterocycles. The summed E-state index contributed by atoms with van der Waals surface area (Å²) in [6, 6.07) is 0. The fourth-order valence-corrected chi connectivity index (χ4v) is 4.19. The summed E-state index contributed by atoms with van der Waals surface area (Å²) in [6.07, 6.45) is 5.58. The Balaban J connectivity index is 2.04. The van der Waals surface area contributed by atoms with Crippen LogP contribution in [0.5, 0.6) is 0 Å². The average molecular weight is 245 g/mol. The van der Waals surface area contributed by atoms with Gasteiger partial charge in [-0.05, 0) is 31.6 Å². The van der Waals surface area contributed by atoms with E-state index >= 15 is 0 Å². The molecule has 1 N–H and O–H groups in total. The summed E-state index contributed by atoms with van der Waals surface area (Å²) < 4.78 is 23.1. The molecular weight excluding hydrogens is 226 g/mol. The van der Waals surface area contributed by atoms with Crippen LogP contribution in [0, 0.1) is 11.8 Å². The molecule has 0 aromatic carbocycles. The highest BCUT2D eigenvalue weighted by Gasteiger charge is 2.37. The molecule has 1 amide bonds. The van der Waals surface area contributed by atoms with Crippen molar-refractivity contribution in [1.82, 2.24) is 5.32 Å². The second kappa shape index (κ2) is 4.35. The number of carbonyl (C=O) groups is 1. The van der Waals surface area contributed by atoms with Crippen LogP contribution in [0.2, 0.25) is 0 Å². The standard InChI is InChI=1S/C11H19NO3S/c1-16(14,15)9-4-2-3-8(7-9)10-5-6-12-11(10)13/h8-10H,2-7H2,1H3,(H,12,13). The summed E-state index contributed by atoms with van der Waals surface area (Å²) in [6.45, 7) is 0.754. The summed E-state index contributed by atoms with van der Waals surface area (Å²) in [4.78, 5) is 11.6. The summed E-state index contributed by atoms with van der Waals surface area (Å²) in [7, 11) is -2.94. The summed E-state index contributed by atoms with van der Waals surface area (Å²) in [5.41, 5.74) is 0. The molecule has 0 aromatic heterocycles. The maximum absolute atomic E-state index is 11.6. The lowest BCUT2D eigenvalue weighted by Crippen LogP contribution is -2.33. The van der Waals surface area contributed by atoms with E-state index in [1.165, 1.54) is 6.26 Å². The lowest BCUT2D eigenvalue weighted by atomic mass is 9.79. The maximum atomic E-state index is 11.6. The highest BCUT2D eigenvalue weighted by molar-refractivity contribution is 7.91. The normalized spacial score (nSPS) is 36.1. The molecule has 2 aliphatic rings. The van der Waals surface area contributed by atoms with Crippen molar-refractivity contribution < 1.29 is 13.2 Å². The molecule has 2 rings (SSSR count). The Morgan fingerprint density at radius 2 is 2.00 bits per heavy atom. The molecule has 5 heteroatoms. The van der Waals surface area contributed by atoms with Crippen molar-refractivity contribution in [2.45, 2.75) is 37.4 Å². The van der Waals surface area contributed by atoms with Crippen molar-refractivity contribution in [3.63, 3.8) is 0 Å². The molecule has 0 radical (unpaired) electrons. The van der Waals surface area contributed by atoms with Crippen molar-refractivity contribution in [1.29, 1.82) is 0 Å². The summed E-state index contributed by atoms with van der Waals surface area (Å²) in [5.74, 6) is 0.458. The van der Waals surface area contributed by atoms with Crippen molar-refractivity contribution in [3.05, 3.63) is 0 Å². The van der Waals surface area contributed by atoms with Gasteiger partial charge in [-0.2, -0.15) is 0 Å². The number of hydrogen-bond acceptors (Lipinski definition) is 3. The van der Waals surface area contributed by atoms with Gasteiger partial charge in [-0.15, -0.1) is 0 Å². The van der Waals surface area contributed by atoms with Crippen LogP contribution in [-0.2, 0) is 14.6 Å². The highest BCUT2D eigenvalue weighted by Crippen LogP contribution is 2.35. The van der Waals surface area contributed by atoms with Gasteiger partial charge in [-0.25, -0.2) is 8.42 Å². The second-order valence-corrected chi connectivity index (χ2v) is 7.39. The fourth-order valence-electron chi connectivity index (χ4n) is 3.00. The van der Waals surface area contributed by atoms with Crippen molar-refractivity contribution in [2.24, 2.45) is 11.8 Å². The Morgan fingerprint density at radius 3 is 2.56 bits per heavy atom. The van der Waals surface area contributed by atoms with Gasteiger partial charge >= 0.3 is 0 Å². The molecule has 16 heavy (non-hydrogen) atoms. The lowest BCUT2D eigenvalue weighted by Gasteiger charge is -2.30. The first kappa shape index (κ1) is 11.9. The molecule has 0 bridgehead atoms. The molecule has 4 nitrogen and oxygen atoms in total. The minimum Gasteiger partial charge on any atom is -0.356 e. The Labute approximate surface area is 96.7 Å². The zero-order chi connectivity index (χ0) is 11.8. The first-order valence-electron chi connectivity index (χ1n) is 5.95. The number of carbonyl (C=O) groups excluding carboxylic acids is 1. The third-order valence-corrected chi connectivity index (χ3v) is 5.57.